The van der Waals surface area contributed by atoms with Gasteiger partial charge < -0.3 is 5.32 Å². The van der Waals surface area contributed by atoms with Crippen LogP contribution in [-0.2, 0) is 6.54 Å². The van der Waals surface area contributed by atoms with E-state index >= 15 is 0 Å². The first kappa shape index (κ1) is 13.4. The second-order valence-electron chi connectivity index (χ2n) is 4.42. The number of benzene rings is 1. The Kier molecular flexibility index (Phi) is 5.32. The number of nitrogens with one attached hydrogen (secondary N) is 1. The Labute approximate surface area is 115 Å². The molecule has 0 spiro atoms. The molecule has 1 nitrogen and oxygen atoms in total. The zero-order chi connectivity index (χ0) is 12.1. The first-order chi connectivity index (χ1) is 8.25. The van der Waals surface area contributed by atoms with Gasteiger partial charge in [-0.3, -0.25) is 0 Å². The second-order valence-corrected chi connectivity index (χ2v) is 6.56. The third kappa shape index (κ3) is 4.27. The highest BCUT2D eigenvalue weighted by molar-refractivity contribution is 9.10. The van der Waals surface area contributed by atoms with Crippen LogP contribution >= 0.6 is 27.7 Å². The Hall–Kier alpha value is -0.0600. The van der Waals surface area contributed by atoms with Gasteiger partial charge in [-0.2, -0.15) is 11.8 Å². The molecule has 17 heavy (non-hydrogen) atoms. The van der Waals surface area contributed by atoms with Gasteiger partial charge in [0.05, 0.1) is 0 Å². The van der Waals surface area contributed by atoms with Crippen LogP contribution in [0, 0.1) is 11.7 Å². The summed E-state index contributed by atoms with van der Waals surface area (Å²) >= 11 is 5.30. The molecule has 4 heteroatoms. The normalized spacial score (nSPS) is 17.3. The topological polar surface area (TPSA) is 12.0 Å². The fourth-order valence-electron chi connectivity index (χ4n) is 2.03. The van der Waals surface area contributed by atoms with Gasteiger partial charge in [0.1, 0.15) is 5.82 Å². The lowest BCUT2D eigenvalue weighted by Gasteiger charge is -2.21. The van der Waals surface area contributed by atoms with E-state index in [4.69, 9.17) is 0 Å². The van der Waals surface area contributed by atoms with Gasteiger partial charge in [-0.1, -0.05) is 22.0 Å². The van der Waals surface area contributed by atoms with Gasteiger partial charge in [-0.15, -0.1) is 0 Å². The van der Waals surface area contributed by atoms with E-state index in [1.165, 1.54) is 30.4 Å². The van der Waals surface area contributed by atoms with E-state index in [2.05, 4.69) is 21.2 Å². The maximum absolute atomic E-state index is 13.5. The number of hydrogen-bond acceptors (Lipinski definition) is 2. The van der Waals surface area contributed by atoms with Crippen LogP contribution in [0.25, 0.3) is 0 Å². The minimum atomic E-state index is -0.133. The molecule has 2 rings (SSSR count). The molecule has 1 fully saturated rings. The molecule has 1 aromatic carbocycles. The summed E-state index contributed by atoms with van der Waals surface area (Å²) in [5, 5.41) is 3.37. The summed E-state index contributed by atoms with van der Waals surface area (Å²) in [7, 11) is 0. The number of hydrogen-bond donors (Lipinski definition) is 1. The van der Waals surface area contributed by atoms with E-state index in [1.807, 2.05) is 23.9 Å². The van der Waals surface area contributed by atoms with Crippen LogP contribution in [0.15, 0.2) is 22.7 Å². The molecule has 0 unspecified atom stereocenters. The summed E-state index contributed by atoms with van der Waals surface area (Å²) in [6.07, 6.45) is 2.58. The van der Waals surface area contributed by atoms with Crippen molar-refractivity contribution in [2.45, 2.75) is 19.4 Å². The van der Waals surface area contributed by atoms with Gasteiger partial charge in [0, 0.05) is 16.6 Å². The standard InChI is InChI=1S/C13H17BrFNS/c14-12-2-1-11(13(15)7-12)9-16-8-10-3-5-17-6-4-10/h1-2,7,10,16H,3-6,8-9H2. The molecular formula is C13H17BrFNS. The molecule has 1 aliphatic heterocycles. The van der Waals surface area contributed by atoms with E-state index in [0.717, 1.165) is 22.5 Å². The lowest BCUT2D eigenvalue weighted by molar-refractivity contribution is 0.444. The Morgan fingerprint density at radius 1 is 1.35 bits per heavy atom. The van der Waals surface area contributed by atoms with Gasteiger partial charge in [-0.25, -0.2) is 4.39 Å². The molecule has 1 aromatic rings. The maximum Gasteiger partial charge on any atom is 0.128 e. The smallest absolute Gasteiger partial charge is 0.128 e. The predicted molar refractivity (Wildman–Crippen MR) is 75.9 cm³/mol. The number of rotatable bonds is 4. The predicted octanol–water partition coefficient (Wildman–Crippen LogP) is 3.82. The zero-order valence-corrected chi connectivity index (χ0v) is 12.1. The third-order valence-corrected chi connectivity index (χ3v) is 4.65. The monoisotopic (exact) mass is 317 g/mol. The van der Waals surface area contributed by atoms with Crippen molar-refractivity contribution in [3.63, 3.8) is 0 Å². The average Bonchev–Trinajstić information content (AvgIpc) is 2.33. The Morgan fingerprint density at radius 3 is 2.82 bits per heavy atom. The van der Waals surface area contributed by atoms with Crippen molar-refractivity contribution in [1.82, 2.24) is 5.32 Å². The molecule has 94 valence electrons. The summed E-state index contributed by atoms with van der Waals surface area (Å²) in [6, 6.07) is 5.24. The maximum atomic E-state index is 13.5. The van der Waals surface area contributed by atoms with Crippen molar-refractivity contribution in [2.24, 2.45) is 5.92 Å². The summed E-state index contributed by atoms with van der Waals surface area (Å²) in [5.41, 5.74) is 0.749. The first-order valence-corrected chi connectivity index (χ1v) is 7.93. The summed E-state index contributed by atoms with van der Waals surface area (Å²) in [6.45, 7) is 1.64. The lowest BCUT2D eigenvalue weighted by Crippen LogP contribution is -2.25. The molecule has 0 bridgehead atoms. The molecule has 1 N–H and O–H groups in total. The molecule has 1 aliphatic rings. The van der Waals surface area contributed by atoms with Crippen molar-refractivity contribution in [1.29, 1.82) is 0 Å². The first-order valence-electron chi connectivity index (χ1n) is 5.98. The third-order valence-electron chi connectivity index (χ3n) is 3.10. The molecule has 1 saturated heterocycles. The van der Waals surface area contributed by atoms with Gasteiger partial charge in [-0.05, 0) is 48.9 Å². The van der Waals surface area contributed by atoms with Crippen molar-refractivity contribution in [3.8, 4) is 0 Å². The van der Waals surface area contributed by atoms with Gasteiger partial charge in [0.15, 0.2) is 0 Å². The van der Waals surface area contributed by atoms with Crippen LogP contribution in [0.2, 0.25) is 0 Å². The van der Waals surface area contributed by atoms with Crippen molar-refractivity contribution < 1.29 is 4.39 Å². The Bertz CT molecular complexity index is 366. The highest BCUT2D eigenvalue weighted by atomic mass is 79.9. The van der Waals surface area contributed by atoms with Crippen molar-refractivity contribution in [2.75, 3.05) is 18.1 Å². The van der Waals surface area contributed by atoms with Crippen molar-refractivity contribution in [3.05, 3.63) is 34.1 Å². The van der Waals surface area contributed by atoms with Crippen LogP contribution < -0.4 is 5.32 Å². The van der Waals surface area contributed by atoms with Crippen LogP contribution in [0.1, 0.15) is 18.4 Å². The fourth-order valence-corrected chi connectivity index (χ4v) is 3.56. The van der Waals surface area contributed by atoms with E-state index in [0.29, 0.717) is 6.54 Å². The lowest BCUT2D eigenvalue weighted by atomic mass is 10.0. The SMILES string of the molecule is Fc1cc(Br)ccc1CNCC1CCSCC1. The van der Waals surface area contributed by atoms with Crippen LogP contribution in [0.3, 0.4) is 0 Å². The van der Waals surface area contributed by atoms with E-state index < -0.39 is 0 Å². The van der Waals surface area contributed by atoms with E-state index in [9.17, 15) is 4.39 Å². The quantitative estimate of drug-likeness (QED) is 0.906. The van der Waals surface area contributed by atoms with Crippen LogP contribution in [0.4, 0.5) is 4.39 Å². The molecule has 0 aromatic heterocycles. The van der Waals surface area contributed by atoms with Crippen LogP contribution in [-0.4, -0.2) is 18.1 Å². The molecule has 0 saturated carbocycles. The number of thioether (sulfide) groups is 1. The molecule has 0 atom stereocenters. The van der Waals surface area contributed by atoms with Gasteiger partial charge >= 0.3 is 0 Å². The minimum absolute atomic E-state index is 0.133. The molecule has 0 radical (unpaired) electrons. The zero-order valence-electron chi connectivity index (χ0n) is 9.72. The van der Waals surface area contributed by atoms with Crippen molar-refractivity contribution >= 4 is 27.7 Å². The highest BCUT2D eigenvalue weighted by Crippen LogP contribution is 2.22. The summed E-state index contributed by atoms with van der Waals surface area (Å²) < 4.78 is 14.3. The minimum Gasteiger partial charge on any atom is -0.312 e. The fraction of sp³-hybridized carbons (Fsp3) is 0.538. The average molecular weight is 318 g/mol. The second kappa shape index (κ2) is 6.76. The van der Waals surface area contributed by atoms with E-state index in [-0.39, 0.29) is 5.82 Å². The Balaban J connectivity index is 1.77. The molecule has 0 aliphatic carbocycles. The highest BCUT2D eigenvalue weighted by Gasteiger charge is 2.13. The Morgan fingerprint density at radius 2 is 2.12 bits per heavy atom. The molecular weight excluding hydrogens is 301 g/mol. The summed E-state index contributed by atoms with van der Waals surface area (Å²) in [5.74, 6) is 3.19. The van der Waals surface area contributed by atoms with Crippen LogP contribution in [0.5, 0.6) is 0 Å². The summed E-state index contributed by atoms with van der Waals surface area (Å²) in [4.78, 5) is 0. The van der Waals surface area contributed by atoms with Gasteiger partial charge in [0.25, 0.3) is 0 Å². The molecule has 1 heterocycles. The van der Waals surface area contributed by atoms with Gasteiger partial charge in [0.2, 0.25) is 0 Å². The number of halogens is 2. The largest absolute Gasteiger partial charge is 0.312 e. The van der Waals surface area contributed by atoms with E-state index in [1.54, 1.807) is 0 Å². The molecule has 0 amide bonds.